The largest absolute Gasteiger partial charge is 0.489 e. The molecule has 2 rings (SSSR count). The third-order valence-electron chi connectivity index (χ3n) is 3.62. The second-order valence-corrected chi connectivity index (χ2v) is 6.01. The van der Waals surface area contributed by atoms with E-state index in [1.165, 1.54) is 5.56 Å². The quantitative estimate of drug-likeness (QED) is 0.417. The summed E-state index contributed by atoms with van der Waals surface area (Å²) in [7, 11) is 0. The van der Waals surface area contributed by atoms with E-state index in [4.69, 9.17) is 4.74 Å². The molecule has 2 N–H and O–H groups in total. The topological polar surface area (TPSA) is 63.5 Å². The highest BCUT2D eigenvalue weighted by Crippen LogP contribution is 2.13. The van der Waals surface area contributed by atoms with Crippen LogP contribution in [0.25, 0.3) is 0 Å². The molecule has 0 spiro atoms. The van der Waals surface area contributed by atoms with E-state index in [2.05, 4.69) is 46.7 Å². The van der Waals surface area contributed by atoms with Crippen LogP contribution in [-0.4, -0.2) is 41.5 Å². The lowest BCUT2D eigenvalue weighted by molar-refractivity contribution is 0.230. The summed E-state index contributed by atoms with van der Waals surface area (Å²) in [5.41, 5.74) is 1.23. The first-order valence-electron chi connectivity index (χ1n) is 8.90. The molecule has 136 valence electrons. The molecule has 1 aromatic heterocycles. The Labute approximate surface area is 150 Å². The molecule has 0 bridgehead atoms. The number of hydrogen-bond donors (Lipinski definition) is 2. The van der Waals surface area contributed by atoms with Crippen LogP contribution in [0.1, 0.15) is 25.8 Å². The molecule has 0 radical (unpaired) electrons. The fraction of sp³-hybridized carbons (Fsp3) is 0.474. The molecule has 6 heteroatoms. The van der Waals surface area contributed by atoms with Crippen LogP contribution < -0.4 is 15.4 Å². The Morgan fingerprint density at radius 3 is 2.76 bits per heavy atom. The summed E-state index contributed by atoms with van der Waals surface area (Å²) < 4.78 is 7.83. The van der Waals surface area contributed by atoms with Crippen LogP contribution in [0.3, 0.4) is 0 Å². The van der Waals surface area contributed by atoms with Gasteiger partial charge >= 0.3 is 0 Å². The first-order chi connectivity index (χ1) is 12.2. The fourth-order valence-electron chi connectivity index (χ4n) is 2.33. The molecule has 2 aromatic rings. The van der Waals surface area contributed by atoms with Gasteiger partial charge in [0.2, 0.25) is 0 Å². The summed E-state index contributed by atoms with van der Waals surface area (Å²) >= 11 is 0. The maximum atomic E-state index is 5.90. The summed E-state index contributed by atoms with van der Waals surface area (Å²) in [6, 6.07) is 10.0. The number of nitrogens with one attached hydrogen (secondary N) is 2. The number of aryl methyl sites for hydroxylation is 2. The lowest BCUT2D eigenvalue weighted by Gasteiger charge is -2.15. The monoisotopic (exact) mass is 343 g/mol. The van der Waals surface area contributed by atoms with Gasteiger partial charge in [0, 0.05) is 32.0 Å². The smallest absolute Gasteiger partial charge is 0.191 e. The standard InChI is InChI=1S/C19H29N5O/c1-4-20-19(21-11-5-13-24-14-6-12-23-24)22-15-17(3)25-18-9-7-16(2)8-10-18/h6-10,12,14,17H,4-5,11,13,15H2,1-3H3,(H2,20,21,22). The number of benzene rings is 1. The van der Waals surface area contributed by atoms with Gasteiger partial charge < -0.3 is 15.4 Å². The summed E-state index contributed by atoms with van der Waals surface area (Å²) in [6.07, 6.45) is 4.78. The molecule has 0 fully saturated rings. The number of ether oxygens (including phenoxy) is 1. The van der Waals surface area contributed by atoms with Crippen molar-refractivity contribution in [1.29, 1.82) is 0 Å². The summed E-state index contributed by atoms with van der Waals surface area (Å²) in [6.45, 7) is 9.34. The van der Waals surface area contributed by atoms with Crippen LogP contribution in [0.5, 0.6) is 5.75 Å². The van der Waals surface area contributed by atoms with E-state index in [-0.39, 0.29) is 6.10 Å². The van der Waals surface area contributed by atoms with Crippen molar-refractivity contribution in [2.75, 3.05) is 19.6 Å². The molecule has 0 saturated heterocycles. The zero-order valence-corrected chi connectivity index (χ0v) is 15.4. The fourth-order valence-corrected chi connectivity index (χ4v) is 2.33. The van der Waals surface area contributed by atoms with Crippen LogP contribution in [-0.2, 0) is 6.54 Å². The van der Waals surface area contributed by atoms with Gasteiger partial charge in [-0.05, 0) is 45.4 Å². The maximum absolute atomic E-state index is 5.90. The van der Waals surface area contributed by atoms with Crippen LogP contribution in [0.15, 0.2) is 47.7 Å². The minimum absolute atomic E-state index is 0.0160. The maximum Gasteiger partial charge on any atom is 0.191 e. The Balaban J connectivity index is 1.74. The third kappa shape index (κ3) is 7.28. The molecule has 0 aliphatic heterocycles. The zero-order valence-electron chi connectivity index (χ0n) is 15.4. The molecule has 0 aliphatic carbocycles. The predicted molar refractivity (Wildman–Crippen MR) is 102 cm³/mol. The van der Waals surface area contributed by atoms with E-state index >= 15 is 0 Å². The Kier molecular flexibility index (Phi) is 7.82. The Morgan fingerprint density at radius 1 is 1.28 bits per heavy atom. The summed E-state index contributed by atoms with van der Waals surface area (Å²) in [5, 5.41) is 10.8. The first-order valence-corrected chi connectivity index (χ1v) is 8.90. The van der Waals surface area contributed by atoms with Crippen molar-refractivity contribution in [3.63, 3.8) is 0 Å². The molecule has 0 aliphatic rings. The van der Waals surface area contributed by atoms with Gasteiger partial charge in [0.1, 0.15) is 11.9 Å². The minimum Gasteiger partial charge on any atom is -0.489 e. The molecule has 1 unspecified atom stereocenters. The van der Waals surface area contributed by atoms with E-state index in [0.29, 0.717) is 6.54 Å². The van der Waals surface area contributed by atoms with Crippen molar-refractivity contribution < 1.29 is 4.74 Å². The SMILES string of the molecule is CCNC(=NCC(C)Oc1ccc(C)cc1)NCCCn1cccn1. The summed E-state index contributed by atoms with van der Waals surface area (Å²) in [5.74, 6) is 1.70. The highest BCUT2D eigenvalue weighted by Gasteiger charge is 2.04. The highest BCUT2D eigenvalue weighted by molar-refractivity contribution is 5.79. The van der Waals surface area contributed by atoms with E-state index in [9.17, 15) is 0 Å². The number of guanidine groups is 1. The highest BCUT2D eigenvalue weighted by atomic mass is 16.5. The van der Waals surface area contributed by atoms with Crippen LogP contribution >= 0.6 is 0 Å². The molecule has 1 heterocycles. The Hall–Kier alpha value is -2.50. The van der Waals surface area contributed by atoms with Crippen molar-refractivity contribution in [2.45, 2.75) is 39.8 Å². The molecule has 6 nitrogen and oxygen atoms in total. The molecular formula is C19H29N5O. The first kappa shape index (κ1) is 18.8. The number of aliphatic imine (C=N–C) groups is 1. The number of nitrogens with zero attached hydrogens (tertiary/aromatic N) is 3. The molecular weight excluding hydrogens is 314 g/mol. The van der Waals surface area contributed by atoms with E-state index in [1.807, 2.05) is 36.0 Å². The van der Waals surface area contributed by atoms with E-state index < -0.39 is 0 Å². The molecule has 25 heavy (non-hydrogen) atoms. The van der Waals surface area contributed by atoms with Gasteiger partial charge in [0.05, 0.1) is 6.54 Å². The van der Waals surface area contributed by atoms with Crippen LogP contribution in [0.4, 0.5) is 0 Å². The number of hydrogen-bond acceptors (Lipinski definition) is 3. The van der Waals surface area contributed by atoms with Crippen molar-refractivity contribution in [3.8, 4) is 5.75 Å². The second-order valence-electron chi connectivity index (χ2n) is 6.01. The molecule has 0 saturated carbocycles. The van der Waals surface area contributed by atoms with Gasteiger partial charge in [-0.3, -0.25) is 4.68 Å². The van der Waals surface area contributed by atoms with Gasteiger partial charge in [-0.1, -0.05) is 17.7 Å². The lowest BCUT2D eigenvalue weighted by Crippen LogP contribution is -2.38. The van der Waals surface area contributed by atoms with Crippen molar-refractivity contribution >= 4 is 5.96 Å². The second kappa shape index (κ2) is 10.4. The Bertz CT molecular complexity index is 622. The third-order valence-corrected chi connectivity index (χ3v) is 3.62. The average molecular weight is 343 g/mol. The summed E-state index contributed by atoms with van der Waals surface area (Å²) in [4.78, 5) is 4.61. The van der Waals surface area contributed by atoms with E-state index in [1.54, 1.807) is 6.20 Å². The van der Waals surface area contributed by atoms with Gasteiger partial charge in [-0.25, -0.2) is 4.99 Å². The zero-order chi connectivity index (χ0) is 17.9. The van der Waals surface area contributed by atoms with Gasteiger partial charge in [-0.15, -0.1) is 0 Å². The van der Waals surface area contributed by atoms with Gasteiger partial charge in [-0.2, -0.15) is 5.10 Å². The van der Waals surface area contributed by atoms with E-state index in [0.717, 1.165) is 37.8 Å². The predicted octanol–water partition coefficient (Wildman–Crippen LogP) is 2.60. The molecule has 1 atom stereocenters. The van der Waals surface area contributed by atoms with Crippen molar-refractivity contribution in [1.82, 2.24) is 20.4 Å². The van der Waals surface area contributed by atoms with Crippen molar-refractivity contribution in [2.24, 2.45) is 4.99 Å². The van der Waals surface area contributed by atoms with Crippen molar-refractivity contribution in [3.05, 3.63) is 48.3 Å². The van der Waals surface area contributed by atoms with Gasteiger partial charge in [0.15, 0.2) is 5.96 Å². The number of aromatic nitrogens is 2. The molecule has 0 amide bonds. The Morgan fingerprint density at radius 2 is 2.08 bits per heavy atom. The van der Waals surface area contributed by atoms with Gasteiger partial charge in [0.25, 0.3) is 0 Å². The minimum atomic E-state index is 0.0160. The number of rotatable bonds is 9. The molecule has 1 aromatic carbocycles. The normalized spacial score (nSPS) is 12.7. The van der Waals surface area contributed by atoms with Crippen LogP contribution in [0, 0.1) is 6.92 Å². The van der Waals surface area contributed by atoms with Crippen LogP contribution in [0.2, 0.25) is 0 Å². The average Bonchev–Trinajstić information content (AvgIpc) is 3.12. The lowest BCUT2D eigenvalue weighted by atomic mass is 10.2.